The zero-order valence-electron chi connectivity index (χ0n) is 10.7. The number of thioether (sulfide) groups is 1. The Morgan fingerprint density at radius 2 is 2.00 bits per heavy atom. The maximum Gasteiger partial charge on any atom is 0.322 e. The van der Waals surface area contributed by atoms with Gasteiger partial charge >= 0.3 is 5.97 Å². The molecular formula is C13H18N2O2S. The van der Waals surface area contributed by atoms with Crippen LogP contribution in [-0.2, 0) is 4.79 Å². The number of hydrogen-bond acceptors (Lipinski definition) is 4. The van der Waals surface area contributed by atoms with Gasteiger partial charge in [-0.1, -0.05) is 12.1 Å². The van der Waals surface area contributed by atoms with Crippen molar-refractivity contribution >= 4 is 23.4 Å². The topological polar surface area (TPSA) is 61.4 Å². The van der Waals surface area contributed by atoms with Crippen LogP contribution in [0.25, 0.3) is 0 Å². The van der Waals surface area contributed by atoms with Crippen molar-refractivity contribution in [3.05, 3.63) is 29.8 Å². The summed E-state index contributed by atoms with van der Waals surface area (Å²) in [6.07, 6.45) is 0. The summed E-state index contributed by atoms with van der Waals surface area (Å²) < 4.78 is -0.307. The molecule has 3 N–H and O–H groups in total. The Morgan fingerprint density at radius 3 is 2.44 bits per heavy atom. The highest BCUT2D eigenvalue weighted by Crippen LogP contribution is 2.45. The van der Waals surface area contributed by atoms with Gasteiger partial charge in [0, 0.05) is 17.5 Å². The van der Waals surface area contributed by atoms with E-state index in [1.165, 1.54) is 0 Å². The van der Waals surface area contributed by atoms with E-state index in [0.717, 1.165) is 11.3 Å². The van der Waals surface area contributed by atoms with Gasteiger partial charge < -0.3 is 10.4 Å². The molecule has 5 heteroatoms. The first-order valence-corrected chi connectivity index (χ1v) is 6.76. The van der Waals surface area contributed by atoms with Crippen LogP contribution >= 0.6 is 11.8 Å². The van der Waals surface area contributed by atoms with E-state index in [9.17, 15) is 9.90 Å². The number of nitrogens with one attached hydrogen (secondary N) is 2. The van der Waals surface area contributed by atoms with E-state index < -0.39 is 12.0 Å². The fraction of sp³-hybridized carbons (Fsp3) is 0.462. The van der Waals surface area contributed by atoms with Crippen LogP contribution in [0, 0.1) is 0 Å². The van der Waals surface area contributed by atoms with Crippen LogP contribution in [0.15, 0.2) is 24.3 Å². The molecule has 1 fully saturated rings. The molecular weight excluding hydrogens is 248 g/mol. The Kier molecular flexibility index (Phi) is 3.54. The Bertz CT molecular complexity index is 445. The van der Waals surface area contributed by atoms with Crippen molar-refractivity contribution in [1.29, 1.82) is 0 Å². The van der Waals surface area contributed by atoms with Crippen LogP contribution in [0.5, 0.6) is 0 Å². The molecule has 0 amide bonds. The molecule has 2 rings (SSSR count). The molecule has 1 aliphatic rings. The van der Waals surface area contributed by atoms with Crippen LogP contribution in [0.4, 0.5) is 5.69 Å². The predicted molar refractivity (Wildman–Crippen MR) is 75.0 cm³/mol. The van der Waals surface area contributed by atoms with Crippen LogP contribution in [0.2, 0.25) is 0 Å². The van der Waals surface area contributed by atoms with Gasteiger partial charge in [0.2, 0.25) is 0 Å². The quantitative estimate of drug-likeness (QED) is 0.783. The minimum Gasteiger partial charge on any atom is -0.480 e. The number of carboxylic acid groups (broad SMARTS) is 1. The van der Waals surface area contributed by atoms with Gasteiger partial charge in [0.05, 0.1) is 5.37 Å². The lowest BCUT2D eigenvalue weighted by Crippen LogP contribution is -2.43. The highest BCUT2D eigenvalue weighted by Gasteiger charge is 2.45. The van der Waals surface area contributed by atoms with Crippen molar-refractivity contribution in [1.82, 2.24) is 5.32 Å². The third-order valence-electron chi connectivity index (χ3n) is 3.18. The fourth-order valence-electron chi connectivity index (χ4n) is 2.12. The predicted octanol–water partition coefficient (Wildman–Crippen LogP) is 2.30. The van der Waals surface area contributed by atoms with Crippen LogP contribution in [0.3, 0.4) is 0 Å². The van der Waals surface area contributed by atoms with Gasteiger partial charge in [-0.3, -0.25) is 10.1 Å². The van der Waals surface area contributed by atoms with Crippen molar-refractivity contribution in [3.63, 3.8) is 0 Å². The van der Waals surface area contributed by atoms with Gasteiger partial charge in [0.1, 0.15) is 6.04 Å². The largest absolute Gasteiger partial charge is 0.480 e. The molecule has 1 saturated heterocycles. The van der Waals surface area contributed by atoms with Crippen LogP contribution < -0.4 is 10.6 Å². The molecule has 2 atom stereocenters. The lowest BCUT2D eigenvalue weighted by atomic mass is 10.0. The first-order valence-electron chi connectivity index (χ1n) is 5.88. The summed E-state index contributed by atoms with van der Waals surface area (Å²) in [7, 11) is 1.88. The molecule has 0 aromatic heterocycles. The molecule has 18 heavy (non-hydrogen) atoms. The Balaban J connectivity index is 2.18. The smallest absolute Gasteiger partial charge is 0.322 e. The number of rotatable bonds is 3. The molecule has 0 spiro atoms. The number of anilines is 1. The first kappa shape index (κ1) is 13.2. The summed E-state index contributed by atoms with van der Waals surface area (Å²) in [6.45, 7) is 3.93. The van der Waals surface area contributed by atoms with Crippen molar-refractivity contribution in [2.75, 3.05) is 12.4 Å². The fourth-order valence-corrected chi connectivity index (χ4v) is 3.53. The van der Waals surface area contributed by atoms with Gasteiger partial charge in [-0.2, -0.15) is 0 Å². The van der Waals surface area contributed by atoms with E-state index in [0.29, 0.717) is 0 Å². The normalized spacial score (nSPS) is 25.9. The molecule has 1 aliphatic heterocycles. The molecule has 0 bridgehead atoms. The highest BCUT2D eigenvalue weighted by atomic mass is 32.2. The second-order valence-corrected chi connectivity index (χ2v) is 6.67. The third kappa shape index (κ3) is 2.47. The van der Waals surface area contributed by atoms with E-state index in [-0.39, 0.29) is 10.1 Å². The minimum atomic E-state index is -0.790. The summed E-state index contributed by atoms with van der Waals surface area (Å²) in [6, 6.07) is 7.53. The van der Waals surface area contributed by atoms with Gasteiger partial charge in [-0.25, -0.2) is 0 Å². The Morgan fingerprint density at radius 1 is 1.39 bits per heavy atom. The number of carbonyl (C=O) groups is 1. The van der Waals surface area contributed by atoms with Crippen molar-refractivity contribution in [3.8, 4) is 0 Å². The zero-order chi connectivity index (χ0) is 13.3. The second kappa shape index (κ2) is 4.82. The molecule has 1 heterocycles. The van der Waals surface area contributed by atoms with E-state index >= 15 is 0 Å². The SMILES string of the molecule is CNc1ccc(C2N[C@@H](C(=O)O)C(C)(C)S2)cc1. The van der Waals surface area contributed by atoms with Gasteiger partial charge in [0.25, 0.3) is 0 Å². The lowest BCUT2D eigenvalue weighted by Gasteiger charge is -2.20. The molecule has 0 saturated carbocycles. The summed E-state index contributed by atoms with van der Waals surface area (Å²) >= 11 is 1.66. The molecule has 0 radical (unpaired) electrons. The maximum atomic E-state index is 11.2. The number of benzene rings is 1. The highest BCUT2D eigenvalue weighted by molar-refractivity contribution is 8.01. The van der Waals surface area contributed by atoms with Crippen molar-refractivity contribution < 1.29 is 9.90 Å². The van der Waals surface area contributed by atoms with E-state index in [1.54, 1.807) is 11.8 Å². The Hall–Kier alpha value is -1.20. The number of aliphatic carboxylic acids is 1. The Labute approximate surface area is 111 Å². The summed E-state index contributed by atoms with van der Waals surface area (Å²) in [5, 5.41) is 15.5. The minimum absolute atomic E-state index is 0.0343. The van der Waals surface area contributed by atoms with Gasteiger partial charge in [-0.05, 0) is 31.5 Å². The van der Waals surface area contributed by atoms with Crippen molar-refractivity contribution in [2.24, 2.45) is 0 Å². The van der Waals surface area contributed by atoms with E-state index in [1.807, 2.05) is 45.2 Å². The standard InChI is InChI=1S/C13H18N2O2S/c1-13(2)10(12(16)17)15-11(18-13)8-4-6-9(14-3)7-5-8/h4-7,10-11,14-15H,1-3H3,(H,16,17)/t10-,11?/m0/s1. The number of hydrogen-bond donors (Lipinski definition) is 3. The van der Waals surface area contributed by atoms with Gasteiger partial charge in [0.15, 0.2) is 0 Å². The molecule has 1 unspecified atom stereocenters. The average Bonchev–Trinajstić information content (AvgIpc) is 2.65. The zero-order valence-corrected chi connectivity index (χ0v) is 11.5. The van der Waals surface area contributed by atoms with E-state index in [2.05, 4.69) is 10.6 Å². The van der Waals surface area contributed by atoms with Gasteiger partial charge in [-0.15, -0.1) is 11.8 Å². The molecule has 98 valence electrons. The second-order valence-electron chi connectivity index (χ2n) is 4.91. The average molecular weight is 266 g/mol. The summed E-state index contributed by atoms with van der Waals surface area (Å²) in [5.41, 5.74) is 2.16. The van der Waals surface area contributed by atoms with Crippen molar-refractivity contribution in [2.45, 2.75) is 30.0 Å². The monoisotopic (exact) mass is 266 g/mol. The lowest BCUT2D eigenvalue weighted by molar-refractivity contribution is -0.139. The third-order valence-corrected chi connectivity index (χ3v) is 4.67. The summed E-state index contributed by atoms with van der Waals surface area (Å²) in [5.74, 6) is -0.790. The number of carboxylic acids is 1. The van der Waals surface area contributed by atoms with Crippen LogP contribution in [-0.4, -0.2) is 28.9 Å². The molecule has 0 aliphatic carbocycles. The molecule has 1 aromatic rings. The molecule has 4 nitrogen and oxygen atoms in total. The van der Waals surface area contributed by atoms with E-state index in [4.69, 9.17) is 0 Å². The summed E-state index contributed by atoms with van der Waals surface area (Å²) in [4.78, 5) is 11.2. The molecule has 1 aromatic carbocycles. The first-order chi connectivity index (χ1) is 8.44. The van der Waals surface area contributed by atoms with Crippen LogP contribution in [0.1, 0.15) is 24.8 Å². The maximum absolute atomic E-state index is 11.2.